The van der Waals surface area contributed by atoms with Crippen molar-refractivity contribution in [3.8, 4) is 6.07 Å². The van der Waals surface area contributed by atoms with Crippen molar-refractivity contribution in [3.05, 3.63) is 52.9 Å². The van der Waals surface area contributed by atoms with Gasteiger partial charge in [-0.15, -0.1) is 0 Å². The summed E-state index contributed by atoms with van der Waals surface area (Å²) in [6, 6.07) is 6.94. The zero-order valence-corrected chi connectivity index (χ0v) is 13.2. The summed E-state index contributed by atoms with van der Waals surface area (Å²) in [5.41, 5.74) is 1.75. The molecule has 0 aliphatic rings. The van der Waals surface area contributed by atoms with Crippen molar-refractivity contribution in [3.63, 3.8) is 0 Å². The zero-order valence-electron chi connectivity index (χ0n) is 13.2. The molecule has 3 heterocycles. The topological polar surface area (TPSA) is 110 Å². The number of hydrogen-bond acceptors (Lipinski definition) is 6. The second kappa shape index (κ2) is 6.42. The molecule has 0 aromatic carbocycles. The number of carbonyl (C=O) groups is 1. The van der Waals surface area contributed by atoms with E-state index in [0.717, 1.165) is 17.0 Å². The molecule has 0 spiro atoms. The van der Waals surface area contributed by atoms with Crippen molar-refractivity contribution >= 4 is 11.7 Å². The first-order chi connectivity index (χ1) is 11.6. The molecule has 3 rings (SSSR count). The molecule has 0 unspecified atom stereocenters. The number of nitriles is 1. The van der Waals surface area contributed by atoms with E-state index in [9.17, 15) is 4.79 Å². The highest BCUT2D eigenvalue weighted by molar-refractivity contribution is 6.01. The van der Waals surface area contributed by atoms with Gasteiger partial charge in [0.25, 0.3) is 5.91 Å². The highest BCUT2D eigenvalue weighted by Gasteiger charge is 2.16. The average Bonchev–Trinajstić information content (AvgIpc) is 3.26. The molecule has 0 aliphatic carbocycles. The summed E-state index contributed by atoms with van der Waals surface area (Å²) in [6.45, 7) is 3.82. The van der Waals surface area contributed by atoms with Gasteiger partial charge in [0.2, 0.25) is 0 Å². The molecular weight excluding hydrogens is 310 g/mol. The Morgan fingerprint density at radius 1 is 1.38 bits per heavy atom. The number of furan rings is 1. The highest BCUT2D eigenvalue weighted by atomic mass is 16.5. The maximum atomic E-state index is 12.2. The van der Waals surface area contributed by atoms with Crippen molar-refractivity contribution in [1.29, 1.82) is 5.26 Å². The molecule has 3 aromatic heterocycles. The number of aromatic nitrogens is 3. The second-order valence-corrected chi connectivity index (χ2v) is 5.26. The lowest BCUT2D eigenvalue weighted by Crippen LogP contribution is -2.11. The molecule has 122 valence electrons. The van der Waals surface area contributed by atoms with Gasteiger partial charge in [-0.2, -0.15) is 10.4 Å². The first kappa shape index (κ1) is 15.6. The Bertz CT molecular complexity index is 893. The molecule has 0 atom stereocenters. The van der Waals surface area contributed by atoms with E-state index in [2.05, 4.69) is 15.6 Å². The Morgan fingerprint density at radius 3 is 2.92 bits per heavy atom. The monoisotopic (exact) mass is 325 g/mol. The van der Waals surface area contributed by atoms with Gasteiger partial charge in [-0.25, -0.2) is 0 Å². The predicted octanol–water partition coefficient (Wildman–Crippen LogP) is 2.45. The van der Waals surface area contributed by atoms with Crippen molar-refractivity contribution in [2.75, 3.05) is 5.32 Å². The van der Waals surface area contributed by atoms with E-state index in [-0.39, 0.29) is 12.3 Å². The highest BCUT2D eigenvalue weighted by Crippen LogP contribution is 2.19. The Kier molecular flexibility index (Phi) is 4.16. The number of anilines is 1. The van der Waals surface area contributed by atoms with Crippen molar-refractivity contribution in [1.82, 2.24) is 14.9 Å². The van der Waals surface area contributed by atoms with Crippen LogP contribution in [0.25, 0.3) is 0 Å². The third-order valence-electron chi connectivity index (χ3n) is 3.53. The number of amides is 1. The Balaban J connectivity index is 1.68. The van der Waals surface area contributed by atoms with Crippen LogP contribution in [0.2, 0.25) is 0 Å². The predicted molar refractivity (Wildman–Crippen MR) is 83.3 cm³/mol. The number of hydrogen-bond donors (Lipinski definition) is 1. The molecule has 0 saturated heterocycles. The number of carbonyl (C=O) groups excluding carboxylic acids is 1. The molecular formula is C16H15N5O3. The number of nitrogens with one attached hydrogen (secondary N) is 1. The molecule has 1 N–H and O–H groups in total. The van der Waals surface area contributed by atoms with Gasteiger partial charge in [0.1, 0.15) is 18.1 Å². The number of nitrogens with zero attached hydrogens (tertiary/aromatic N) is 4. The lowest BCUT2D eigenvalue weighted by molar-refractivity contribution is 0.0994. The first-order valence-electron chi connectivity index (χ1n) is 7.29. The largest absolute Gasteiger partial charge is 0.456 e. The SMILES string of the molecule is Cc1noc(C)c1Cc1ccc(C(=O)Nc2ccn(CC#N)n2)o1. The van der Waals surface area contributed by atoms with Crippen molar-refractivity contribution in [2.45, 2.75) is 26.8 Å². The van der Waals surface area contributed by atoms with Gasteiger partial charge in [0.15, 0.2) is 11.6 Å². The molecule has 0 bridgehead atoms. The van der Waals surface area contributed by atoms with Crippen molar-refractivity contribution < 1.29 is 13.7 Å². The summed E-state index contributed by atoms with van der Waals surface area (Å²) >= 11 is 0. The molecule has 1 amide bonds. The lowest BCUT2D eigenvalue weighted by atomic mass is 10.1. The van der Waals surface area contributed by atoms with Gasteiger partial charge in [-0.1, -0.05) is 5.16 Å². The molecule has 0 fully saturated rings. The van der Waals surface area contributed by atoms with Crippen molar-refractivity contribution in [2.24, 2.45) is 0 Å². The first-order valence-corrected chi connectivity index (χ1v) is 7.29. The van der Waals surface area contributed by atoms with Crippen LogP contribution in [-0.4, -0.2) is 20.8 Å². The van der Waals surface area contributed by atoms with Gasteiger partial charge in [0.05, 0.1) is 11.8 Å². The Morgan fingerprint density at radius 2 is 2.21 bits per heavy atom. The minimum Gasteiger partial charge on any atom is -0.456 e. The maximum absolute atomic E-state index is 12.2. The molecule has 8 nitrogen and oxygen atoms in total. The normalized spacial score (nSPS) is 10.5. The minimum atomic E-state index is -0.401. The van der Waals surface area contributed by atoms with E-state index in [1.54, 1.807) is 24.4 Å². The van der Waals surface area contributed by atoms with E-state index >= 15 is 0 Å². The number of rotatable bonds is 5. The summed E-state index contributed by atoms with van der Waals surface area (Å²) in [4.78, 5) is 12.2. The molecule has 0 saturated carbocycles. The fourth-order valence-corrected chi connectivity index (χ4v) is 2.29. The van der Waals surface area contributed by atoms with Gasteiger partial charge in [-0.3, -0.25) is 9.48 Å². The fraction of sp³-hybridized carbons (Fsp3) is 0.250. The van der Waals surface area contributed by atoms with Crippen LogP contribution in [0.4, 0.5) is 5.82 Å². The Labute approximate surface area is 137 Å². The van der Waals surface area contributed by atoms with E-state index in [4.69, 9.17) is 14.2 Å². The smallest absolute Gasteiger partial charge is 0.292 e. The summed E-state index contributed by atoms with van der Waals surface area (Å²) in [5, 5.41) is 19.2. The van der Waals surface area contributed by atoms with Crippen LogP contribution in [-0.2, 0) is 13.0 Å². The third kappa shape index (κ3) is 3.20. The maximum Gasteiger partial charge on any atom is 0.292 e. The van der Waals surface area contributed by atoms with Gasteiger partial charge in [-0.05, 0) is 26.0 Å². The minimum absolute atomic E-state index is 0.123. The summed E-state index contributed by atoms with van der Waals surface area (Å²) in [6.07, 6.45) is 2.12. The molecule has 24 heavy (non-hydrogen) atoms. The summed E-state index contributed by atoms with van der Waals surface area (Å²) < 4.78 is 12.1. The van der Waals surface area contributed by atoms with Crippen LogP contribution >= 0.6 is 0 Å². The van der Waals surface area contributed by atoms with Gasteiger partial charge < -0.3 is 14.3 Å². The quantitative estimate of drug-likeness (QED) is 0.771. The van der Waals surface area contributed by atoms with Gasteiger partial charge >= 0.3 is 0 Å². The van der Waals surface area contributed by atoms with Crippen LogP contribution in [0, 0.1) is 25.2 Å². The van der Waals surface area contributed by atoms with Gasteiger partial charge in [0, 0.05) is 24.2 Å². The van der Waals surface area contributed by atoms with Crippen LogP contribution in [0.3, 0.4) is 0 Å². The van der Waals surface area contributed by atoms with E-state index in [0.29, 0.717) is 18.0 Å². The zero-order chi connectivity index (χ0) is 17.1. The molecule has 8 heteroatoms. The van der Waals surface area contributed by atoms with E-state index in [1.807, 2.05) is 19.9 Å². The van der Waals surface area contributed by atoms with Crippen LogP contribution in [0.15, 0.2) is 33.3 Å². The van der Waals surface area contributed by atoms with E-state index in [1.165, 1.54) is 4.68 Å². The molecule has 0 aliphatic heterocycles. The molecule has 3 aromatic rings. The van der Waals surface area contributed by atoms with Crippen LogP contribution < -0.4 is 5.32 Å². The number of aryl methyl sites for hydroxylation is 2. The van der Waals surface area contributed by atoms with Crippen LogP contribution in [0.1, 0.15) is 33.3 Å². The Hall–Kier alpha value is -3.34. The molecule has 0 radical (unpaired) electrons. The second-order valence-electron chi connectivity index (χ2n) is 5.26. The fourth-order valence-electron chi connectivity index (χ4n) is 2.29. The summed E-state index contributed by atoms with van der Waals surface area (Å²) in [7, 11) is 0. The lowest BCUT2D eigenvalue weighted by Gasteiger charge is -1.99. The average molecular weight is 325 g/mol. The van der Waals surface area contributed by atoms with E-state index < -0.39 is 5.91 Å². The van der Waals surface area contributed by atoms with Crippen LogP contribution in [0.5, 0.6) is 0 Å². The third-order valence-corrected chi connectivity index (χ3v) is 3.53. The summed E-state index contributed by atoms with van der Waals surface area (Å²) in [5.74, 6) is 1.52. The standard InChI is InChI=1S/C16H15N5O3/c1-10-13(11(2)24-20-10)9-12-3-4-14(23-12)16(22)18-15-5-7-21(19-15)8-6-17/h3-5,7H,8-9H2,1-2H3,(H,18,19,22).